The summed E-state index contributed by atoms with van der Waals surface area (Å²) in [5.41, 5.74) is -7.32. The van der Waals surface area contributed by atoms with Crippen molar-refractivity contribution in [1.29, 1.82) is 0 Å². The Morgan fingerprint density at radius 2 is 1.87 bits per heavy atom. The number of aliphatic hydroxyl groups excluding tert-OH is 1. The Balaban J connectivity index is 1.59. The molecule has 0 spiro atoms. The Kier molecular flexibility index (Phi) is 6.61. The standard InChI is InChI=1S/C28H35F3O7/c1-15-10-18-19-12-21(30)20-11-17(32)4-7-25(20,2)27(19,31)22(33)13-26(18,3)28(15,24(35)37-14-29)38-23(34)16-5-8-36-9-6-16/h4,7,11,15-16,18-19,21-22,33H,5-6,8-10,12-14H2,1-3H3/t15-,18?,19?,21+,22+,25+,26+,27+,28+/m1/s1. The number of esters is 2. The molecule has 0 aromatic carbocycles. The highest BCUT2D eigenvalue weighted by molar-refractivity contribution is 6.01. The quantitative estimate of drug-likeness (QED) is 0.543. The molecule has 7 nitrogen and oxygen atoms in total. The van der Waals surface area contributed by atoms with Crippen LogP contribution in [0.2, 0.25) is 0 Å². The van der Waals surface area contributed by atoms with Crippen LogP contribution in [0.25, 0.3) is 0 Å². The second kappa shape index (κ2) is 9.18. The Morgan fingerprint density at radius 1 is 1.18 bits per heavy atom. The van der Waals surface area contributed by atoms with Gasteiger partial charge >= 0.3 is 11.9 Å². The summed E-state index contributed by atoms with van der Waals surface area (Å²) < 4.78 is 62.6. The molecular formula is C28H35F3O7. The van der Waals surface area contributed by atoms with Crippen molar-refractivity contribution < 1.29 is 46.9 Å². The Labute approximate surface area is 219 Å². The van der Waals surface area contributed by atoms with Crippen molar-refractivity contribution in [3.05, 3.63) is 23.8 Å². The Morgan fingerprint density at radius 3 is 2.53 bits per heavy atom. The van der Waals surface area contributed by atoms with Gasteiger partial charge in [0.05, 0.1) is 12.0 Å². The molecule has 10 heteroatoms. The summed E-state index contributed by atoms with van der Waals surface area (Å²) in [6.45, 7) is 4.03. The van der Waals surface area contributed by atoms with Crippen LogP contribution in [0.5, 0.6) is 0 Å². The first-order valence-corrected chi connectivity index (χ1v) is 13.4. The van der Waals surface area contributed by atoms with Crippen molar-refractivity contribution in [2.24, 2.45) is 34.5 Å². The van der Waals surface area contributed by atoms with Gasteiger partial charge in [0.2, 0.25) is 12.5 Å². The van der Waals surface area contributed by atoms with Gasteiger partial charge in [-0.1, -0.05) is 19.9 Å². The number of carbonyl (C=O) groups is 3. The van der Waals surface area contributed by atoms with E-state index in [1.54, 1.807) is 13.8 Å². The van der Waals surface area contributed by atoms with Gasteiger partial charge in [0.1, 0.15) is 6.17 Å². The zero-order chi connectivity index (χ0) is 27.7. The number of hydrogen-bond acceptors (Lipinski definition) is 7. The molecule has 2 unspecified atom stereocenters. The van der Waals surface area contributed by atoms with Crippen LogP contribution in [-0.2, 0) is 28.6 Å². The third-order valence-corrected chi connectivity index (χ3v) is 10.5. The highest BCUT2D eigenvalue weighted by Crippen LogP contribution is 2.71. The van der Waals surface area contributed by atoms with Crippen LogP contribution in [0.1, 0.15) is 52.9 Å². The third-order valence-electron chi connectivity index (χ3n) is 10.5. The molecule has 38 heavy (non-hydrogen) atoms. The molecule has 9 atom stereocenters. The van der Waals surface area contributed by atoms with Crippen LogP contribution in [-0.4, -0.2) is 66.4 Å². The van der Waals surface area contributed by atoms with Gasteiger partial charge in [0.15, 0.2) is 11.5 Å². The van der Waals surface area contributed by atoms with Crippen molar-refractivity contribution in [3.63, 3.8) is 0 Å². The lowest BCUT2D eigenvalue weighted by Crippen LogP contribution is -2.71. The second-order valence-corrected chi connectivity index (χ2v) is 12.1. The lowest BCUT2D eigenvalue weighted by atomic mass is 9.44. The molecule has 5 rings (SSSR count). The van der Waals surface area contributed by atoms with Gasteiger partial charge in [0, 0.05) is 35.9 Å². The fourth-order valence-corrected chi connectivity index (χ4v) is 8.55. The van der Waals surface area contributed by atoms with Crippen LogP contribution < -0.4 is 0 Å². The maximum atomic E-state index is 17.4. The summed E-state index contributed by atoms with van der Waals surface area (Å²) >= 11 is 0. The molecule has 0 aromatic heterocycles. The van der Waals surface area contributed by atoms with Gasteiger partial charge in [-0.2, -0.15) is 0 Å². The fourth-order valence-electron chi connectivity index (χ4n) is 8.55. The Bertz CT molecular complexity index is 1090. The van der Waals surface area contributed by atoms with Crippen LogP contribution in [0.15, 0.2) is 23.8 Å². The van der Waals surface area contributed by atoms with Crippen LogP contribution in [0.3, 0.4) is 0 Å². The van der Waals surface area contributed by atoms with Gasteiger partial charge in [-0.3, -0.25) is 9.59 Å². The van der Waals surface area contributed by atoms with Crippen LogP contribution >= 0.6 is 0 Å². The normalized spacial score (nSPS) is 46.4. The lowest BCUT2D eigenvalue weighted by Gasteiger charge is -2.63. The van der Waals surface area contributed by atoms with Gasteiger partial charge in [-0.25, -0.2) is 18.0 Å². The molecule has 210 valence electrons. The first-order valence-electron chi connectivity index (χ1n) is 13.4. The number of ketones is 1. The van der Waals surface area contributed by atoms with E-state index in [9.17, 15) is 23.9 Å². The van der Waals surface area contributed by atoms with E-state index in [2.05, 4.69) is 0 Å². The summed E-state index contributed by atoms with van der Waals surface area (Å²) in [4.78, 5) is 38.9. The number of alkyl halides is 3. The van der Waals surface area contributed by atoms with E-state index in [-0.39, 0.29) is 24.8 Å². The van der Waals surface area contributed by atoms with Crippen LogP contribution in [0.4, 0.5) is 13.2 Å². The Hall–Kier alpha value is -2.20. The summed E-state index contributed by atoms with van der Waals surface area (Å²) in [5.74, 6) is -5.22. The molecule has 0 aromatic rings. The van der Waals surface area contributed by atoms with E-state index in [1.165, 1.54) is 19.1 Å². The van der Waals surface area contributed by atoms with Gasteiger partial charge < -0.3 is 19.3 Å². The molecule has 1 aliphatic heterocycles. The number of ether oxygens (including phenoxy) is 3. The van der Waals surface area contributed by atoms with Crippen molar-refractivity contribution >= 4 is 17.7 Å². The maximum Gasteiger partial charge on any atom is 0.353 e. The average molecular weight is 541 g/mol. The molecule has 0 amide bonds. The monoisotopic (exact) mass is 540 g/mol. The fraction of sp³-hybridized carbons (Fsp3) is 0.750. The molecule has 0 radical (unpaired) electrons. The van der Waals surface area contributed by atoms with E-state index in [4.69, 9.17) is 14.2 Å². The predicted molar refractivity (Wildman–Crippen MR) is 128 cm³/mol. The van der Waals surface area contributed by atoms with Crippen molar-refractivity contribution in [1.82, 2.24) is 0 Å². The predicted octanol–water partition coefficient (Wildman–Crippen LogP) is 3.73. The summed E-state index contributed by atoms with van der Waals surface area (Å²) in [7, 11) is 0. The lowest BCUT2D eigenvalue weighted by molar-refractivity contribution is -0.242. The summed E-state index contributed by atoms with van der Waals surface area (Å²) in [6.07, 6.45) is 0.627. The van der Waals surface area contributed by atoms with Crippen LogP contribution in [0, 0.1) is 34.5 Å². The molecule has 1 saturated heterocycles. The number of halogens is 3. The number of aliphatic hydroxyl groups is 1. The highest BCUT2D eigenvalue weighted by atomic mass is 19.1. The maximum absolute atomic E-state index is 17.4. The molecule has 5 aliphatic rings. The van der Waals surface area contributed by atoms with E-state index >= 15 is 8.78 Å². The first kappa shape index (κ1) is 27.4. The minimum atomic E-state index is -2.35. The van der Waals surface area contributed by atoms with Gasteiger partial charge in [0.25, 0.3) is 0 Å². The summed E-state index contributed by atoms with van der Waals surface area (Å²) in [5, 5.41) is 11.5. The largest absolute Gasteiger partial charge is 0.446 e. The smallest absolute Gasteiger partial charge is 0.353 e. The van der Waals surface area contributed by atoms with Crippen molar-refractivity contribution in [2.45, 2.75) is 76.4 Å². The van der Waals surface area contributed by atoms with E-state index in [0.29, 0.717) is 26.1 Å². The third kappa shape index (κ3) is 3.44. The van der Waals surface area contributed by atoms with E-state index in [0.717, 1.165) is 6.08 Å². The topological polar surface area (TPSA) is 99.1 Å². The number of allylic oxidation sites excluding steroid dienone is 4. The molecule has 4 fully saturated rings. The number of fused-ring (bicyclic) bond motifs is 5. The molecular weight excluding hydrogens is 505 g/mol. The number of carbonyl (C=O) groups excluding carboxylic acids is 3. The molecule has 0 bridgehead atoms. The molecule has 1 N–H and O–H groups in total. The molecule has 3 saturated carbocycles. The average Bonchev–Trinajstić information content (AvgIpc) is 3.10. The van der Waals surface area contributed by atoms with Gasteiger partial charge in [-0.15, -0.1) is 0 Å². The number of rotatable bonds is 4. The minimum absolute atomic E-state index is 0.00787. The van der Waals surface area contributed by atoms with E-state index in [1.807, 2.05) is 0 Å². The second-order valence-electron chi connectivity index (χ2n) is 12.1. The molecule has 4 aliphatic carbocycles. The zero-order valence-electron chi connectivity index (χ0n) is 21.9. The van der Waals surface area contributed by atoms with Gasteiger partial charge in [-0.05, 0) is 62.7 Å². The van der Waals surface area contributed by atoms with Crippen molar-refractivity contribution in [2.75, 3.05) is 20.1 Å². The highest BCUT2D eigenvalue weighted by Gasteiger charge is 2.79. The minimum Gasteiger partial charge on any atom is -0.446 e. The molecule has 1 heterocycles. The first-order chi connectivity index (χ1) is 17.9. The zero-order valence-corrected chi connectivity index (χ0v) is 21.9. The number of hydrogen-bond donors (Lipinski definition) is 1. The SMILES string of the molecule is C[C@@H]1CC2C3C[C@H](F)C4=CC(=O)C=C[C@]4(C)[C@@]3(F)[C@@H](O)C[C@]2(C)[C@@]1(OC(=O)C1CCOCC1)C(=O)OCF. The summed E-state index contributed by atoms with van der Waals surface area (Å²) in [6, 6.07) is 0. The van der Waals surface area contributed by atoms with E-state index < -0.39 is 82.6 Å². The van der Waals surface area contributed by atoms with Crippen molar-refractivity contribution in [3.8, 4) is 0 Å².